The zero-order valence-electron chi connectivity index (χ0n) is 14.8. The van der Waals surface area contributed by atoms with E-state index in [4.69, 9.17) is 0 Å². The molecular formula is C25H16O2. The molecule has 0 radical (unpaired) electrons. The topological polar surface area (TPSA) is 34.1 Å². The molecule has 1 aliphatic carbocycles. The molecular weight excluding hydrogens is 332 g/mol. The van der Waals surface area contributed by atoms with Crippen LogP contribution < -0.4 is 0 Å². The molecule has 4 aromatic carbocycles. The number of carbonyl (C=O) groups is 2. The molecule has 0 fully saturated rings. The van der Waals surface area contributed by atoms with Crippen LogP contribution in [-0.2, 0) is 0 Å². The largest absolute Gasteiger partial charge is 0.289 e. The molecule has 0 spiro atoms. The quantitative estimate of drug-likeness (QED) is 0.396. The molecule has 0 amide bonds. The van der Waals surface area contributed by atoms with Crippen LogP contribution in [0.25, 0.3) is 21.9 Å². The Balaban J connectivity index is 1.92. The van der Waals surface area contributed by atoms with Crippen LogP contribution in [0.2, 0.25) is 0 Å². The number of ketones is 2. The Bertz CT molecular complexity index is 1250. The zero-order valence-corrected chi connectivity index (χ0v) is 14.8. The Labute approximate surface area is 157 Å². The predicted octanol–water partition coefficient (Wildman–Crippen LogP) is 5.59. The zero-order chi connectivity index (χ0) is 18.5. The Hall–Kier alpha value is -3.52. The van der Waals surface area contributed by atoms with E-state index in [1.165, 1.54) is 0 Å². The first kappa shape index (κ1) is 15.7. The maximum Gasteiger partial charge on any atom is 0.195 e. The number of hydrogen-bond donors (Lipinski definition) is 0. The molecule has 0 aliphatic heterocycles. The maximum absolute atomic E-state index is 13.3. The average Bonchev–Trinajstić information content (AvgIpc) is 2.71. The van der Waals surface area contributed by atoms with Crippen LogP contribution in [-0.4, -0.2) is 11.6 Å². The van der Waals surface area contributed by atoms with Crippen LogP contribution >= 0.6 is 0 Å². The molecule has 0 bridgehead atoms. The van der Waals surface area contributed by atoms with Crippen LogP contribution in [0, 0.1) is 6.92 Å². The van der Waals surface area contributed by atoms with Gasteiger partial charge in [-0.15, -0.1) is 0 Å². The monoisotopic (exact) mass is 348 g/mol. The first-order valence-corrected chi connectivity index (χ1v) is 8.96. The van der Waals surface area contributed by atoms with Gasteiger partial charge in [-0.2, -0.15) is 0 Å². The normalized spacial score (nSPS) is 12.8. The van der Waals surface area contributed by atoms with E-state index in [1.54, 1.807) is 24.3 Å². The van der Waals surface area contributed by atoms with E-state index >= 15 is 0 Å². The molecule has 0 N–H and O–H groups in total. The minimum Gasteiger partial charge on any atom is -0.289 e. The number of carbonyl (C=O) groups excluding carboxylic acids is 2. The predicted molar refractivity (Wildman–Crippen MR) is 107 cm³/mol. The lowest BCUT2D eigenvalue weighted by Crippen LogP contribution is -2.21. The van der Waals surface area contributed by atoms with Crippen molar-refractivity contribution in [1.82, 2.24) is 0 Å². The van der Waals surface area contributed by atoms with Gasteiger partial charge >= 0.3 is 0 Å². The van der Waals surface area contributed by atoms with Crippen molar-refractivity contribution in [2.75, 3.05) is 0 Å². The highest BCUT2D eigenvalue weighted by Gasteiger charge is 2.31. The second-order valence-corrected chi connectivity index (χ2v) is 6.97. The van der Waals surface area contributed by atoms with Crippen molar-refractivity contribution < 1.29 is 9.59 Å². The molecule has 0 saturated carbocycles. The fourth-order valence-electron chi connectivity index (χ4n) is 3.98. The SMILES string of the molecule is Cc1ccc2c(-c3ccccc3)cc3c(c2c1)C(=O)c1ccccc1C3=O. The summed E-state index contributed by atoms with van der Waals surface area (Å²) in [5.74, 6) is -0.156. The molecule has 0 aromatic heterocycles. The molecule has 0 atom stereocenters. The second-order valence-electron chi connectivity index (χ2n) is 6.97. The van der Waals surface area contributed by atoms with Gasteiger partial charge in [0.15, 0.2) is 11.6 Å². The summed E-state index contributed by atoms with van der Waals surface area (Å²) in [6.07, 6.45) is 0. The van der Waals surface area contributed by atoms with Crippen molar-refractivity contribution in [3.63, 3.8) is 0 Å². The molecule has 1 aliphatic rings. The highest BCUT2D eigenvalue weighted by molar-refractivity contribution is 6.33. The summed E-state index contributed by atoms with van der Waals surface area (Å²) >= 11 is 0. The average molecular weight is 348 g/mol. The maximum atomic E-state index is 13.3. The van der Waals surface area contributed by atoms with Gasteiger partial charge < -0.3 is 0 Å². The van der Waals surface area contributed by atoms with E-state index in [0.29, 0.717) is 22.3 Å². The Kier molecular flexibility index (Phi) is 3.34. The van der Waals surface area contributed by atoms with E-state index in [-0.39, 0.29) is 11.6 Å². The van der Waals surface area contributed by atoms with Gasteiger partial charge in [-0.25, -0.2) is 0 Å². The number of hydrogen-bond acceptors (Lipinski definition) is 2. The van der Waals surface area contributed by atoms with Crippen molar-refractivity contribution in [2.24, 2.45) is 0 Å². The molecule has 5 rings (SSSR count). The third-order valence-corrected chi connectivity index (χ3v) is 5.27. The van der Waals surface area contributed by atoms with Gasteiger partial charge in [0, 0.05) is 22.3 Å². The minimum atomic E-state index is -0.0826. The third-order valence-electron chi connectivity index (χ3n) is 5.27. The highest BCUT2D eigenvalue weighted by atomic mass is 16.1. The Morgan fingerprint density at radius 3 is 1.96 bits per heavy atom. The van der Waals surface area contributed by atoms with E-state index in [1.807, 2.05) is 61.5 Å². The summed E-state index contributed by atoms with van der Waals surface area (Å²) in [7, 11) is 0. The van der Waals surface area contributed by atoms with Crippen LogP contribution in [0.4, 0.5) is 0 Å². The van der Waals surface area contributed by atoms with Crippen LogP contribution in [0.15, 0.2) is 78.9 Å². The lowest BCUT2D eigenvalue weighted by molar-refractivity contribution is 0.0980. The standard InChI is InChI=1S/C25H16O2/c1-15-11-12-17-20(16-7-3-2-4-8-16)14-22-23(21(17)13-15)25(27)19-10-6-5-9-18(19)24(22)26/h2-14H,1H3. The van der Waals surface area contributed by atoms with E-state index in [0.717, 1.165) is 27.5 Å². The van der Waals surface area contributed by atoms with E-state index in [2.05, 4.69) is 0 Å². The molecule has 128 valence electrons. The number of benzene rings is 4. The van der Waals surface area contributed by atoms with Crippen LogP contribution in [0.3, 0.4) is 0 Å². The van der Waals surface area contributed by atoms with E-state index < -0.39 is 0 Å². The number of rotatable bonds is 1. The minimum absolute atomic E-state index is 0.0737. The summed E-state index contributed by atoms with van der Waals surface area (Å²) in [6.45, 7) is 2.00. The molecule has 0 heterocycles. The van der Waals surface area contributed by atoms with Gasteiger partial charge in [0.1, 0.15) is 0 Å². The van der Waals surface area contributed by atoms with Crippen LogP contribution in [0.1, 0.15) is 37.4 Å². The van der Waals surface area contributed by atoms with Gasteiger partial charge in [0.2, 0.25) is 0 Å². The lowest BCUT2D eigenvalue weighted by atomic mass is 9.79. The number of fused-ring (bicyclic) bond motifs is 4. The van der Waals surface area contributed by atoms with Crippen molar-refractivity contribution in [3.8, 4) is 11.1 Å². The van der Waals surface area contributed by atoms with E-state index in [9.17, 15) is 9.59 Å². The van der Waals surface area contributed by atoms with Crippen molar-refractivity contribution in [2.45, 2.75) is 6.92 Å². The summed E-state index contributed by atoms with van der Waals surface area (Å²) in [6, 6.07) is 25.1. The van der Waals surface area contributed by atoms with Gasteiger partial charge in [0.05, 0.1) is 0 Å². The second kappa shape index (κ2) is 5.75. The first-order chi connectivity index (χ1) is 13.1. The van der Waals surface area contributed by atoms with Crippen LogP contribution in [0.5, 0.6) is 0 Å². The molecule has 2 nitrogen and oxygen atoms in total. The molecule has 4 aromatic rings. The Morgan fingerprint density at radius 1 is 0.556 bits per heavy atom. The van der Waals surface area contributed by atoms with Gasteiger partial charge in [-0.1, -0.05) is 78.4 Å². The molecule has 2 heteroatoms. The molecule has 0 saturated heterocycles. The molecule has 0 unspecified atom stereocenters. The fraction of sp³-hybridized carbons (Fsp3) is 0.0400. The third kappa shape index (κ3) is 2.27. The summed E-state index contributed by atoms with van der Waals surface area (Å²) in [5, 5.41) is 1.84. The van der Waals surface area contributed by atoms with Crippen molar-refractivity contribution in [1.29, 1.82) is 0 Å². The summed E-state index contributed by atoms with van der Waals surface area (Å²) in [4.78, 5) is 26.5. The van der Waals surface area contributed by atoms with Crippen molar-refractivity contribution in [3.05, 3.63) is 107 Å². The van der Waals surface area contributed by atoms with Crippen molar-refractivity contribution >= 4 is 22.3 Å². The number of aryl methyl sites for hydroxylation is 1. The van der Waals surface area contributed by atoms with Gasteiger partial charge in [-0.3, -0.25) is 9.59 Å². The first-order valence-electron chi connectivity index (χ1n) is 8.96. The smallest absolute Gasteiger partial charge is 0.195 e. The van der Waals surface area contributed by atoms with Gasteiger partial charge in [0.25, 0.3) is 0 Å². The fourth-order valence-corrected chi connectivity index (χ4v) is 3.98. The highest BCUT2D eigenvalue weighted by Crippen LogP contribution is 2.38. The molecule has 27 heavy (non-hydrogen) atoms. The van der Waals surface area contributed by atoms with Gasteiger partial charge in [-0.05, 0) is 34.9 Å². The Morgan fingerprint density at radius 2 is 1.22 bits per heavy atom. The summed E-state index contributed by atoms with van der Waals surface area (Å²) in [5.41, 5.74) is 5.08. The summed E-state index contributed by atoms with van der Waals surface area (Å²) < 4.78 is 0. The lowest BCUT2D eigenvalue weighted by Gasteiger charge is -2.21.